The zero-order chi connectivity index (χ0) is 18.0. The lowest BCUT2D eigenvalue weighted by atomic mass is 10.2. The number of nitrogens with one attached hydrogen (secondary N) is 1. The van der Waals surface area contributed by atoms with Gasteiger partial charge < -0.3 is 9.32 Å². The number of carbonyl (C=O) groups is 2. The summed E-state index contributed by atoms with van der Waals surface area (Å²) >= 11 is 3.24. The molecule has 0 radical (unpaired) electrons. The third-order valence-corrected chi connectivity index (χ3v) is 6.01. The summed E-state index contributed by atoms with van der Waals surface area (Å²) in [5.41, 5.74) is 1.18. The molecule has 2 amide bonds. The van der Waals surface area contributed by atoms with Gasteiger partial charge in [0.15, 0.2) is 5.13 Å². The Kier molecular flexibility index (Phi) is 5.48. The van der Waals surface area contributed by atoms with Crippen molar-refractivity contribution in [3.8, 4) is 0 Å². The van der Waals surface area contributed by atoms with Crippen LogP contribution in [0, 0.1) is 6.92 Å². The number of thiazole rings is 1. The molecular formula is C17H21N3O3S2. The second kappa shape index (κ2) is 7.61. The van der Waals surface area contributed by atoms with Crippen LogP contribution in [0.1, 0.15) is 35.7 Å². The molecule has 0 saturated carbocycles. The van der Waals surface area contributed by atoms with Crippen molar-refractivity contribution in [2.45, 2.75) is 37.7 Å². The molecule has 25 heavy (non-hydrogen) atoms. The van der Waals surface area contributed by atoms with Crippen molar-refractivity contribution >= 4 is 40.0 Å². The van der Waals surface area contributed by atoms with Crippen LogP contribution in [0.2, 0.25) is 0 Å². The summed E-state index contributed by atoms with van der Waals surface area (Å²) in [4.78, 5) is 30.9. The molecule has 1 aliphatic heterocycles. The van der Waals surface area contributed by atoms with E-state index in [4.69, 9.17) is 4.42 Å². The van der Waals surface area contributed by atoms with E-state index in [0.29, 0.717) is 32.6 Å². The molecule has 6 nitrogen and oxygen atoms in total. The Morgan fingerprint density at radius 2 is 2.08 bits per heavy atom. The summed E-state index contributed by atoms with van der Waals surface area (Å²) in [7, 11) is 0. The maximum atomic E-state index is 12.5. The van der Waals surface area contributed by atoms with Crippen molar-refractivity contribution < 1.29 is 14.0 Å². The molecule has 2 unspecified atom stereocenters. The van der Waals surface area contributed by atoms with Gasteiger partial charge in [0.2, 0.25) is 5.91 Å². The summed E-state index contributed by atoms with van der Waals surface area (Å²) in [6, 6.07) is 1.62. The number of aryl methyl sites for hydroxylation is 1. The fraction of sp³-hybridized carbons (Fsp3) is 0.471. The van der Waals surface area contributed by atoms with Crippen LogP contribution >= 0.6 is 23.1 Å². The molecule has 134 valence electrons. The van der Waals surface area contributed by atoms with Crippen LogP contribution in [-0.2, 0) is 11.2 Å². The minimum Gasteiger partial charge on any atom is -0.469 e. The van der Waals surface area contributed by atoms with Gasteiger partial charge in [-0.1, -0.05) is 13.8 Å². The molecule has 1 saturated heterocycles. The first-order chi connectivity index (χ1) is 11.9. The highest BCUT2D eigenvalue weighted by Crippen LogP contribution is 2.25. The number of hydrogen-bond donors (Lipinski definition) is 1. The Labute approximate surface area is 155 Å². The normalized spacial score (nSPS) is 20.5. The van der Waals surface area contributed by atoms with Gasteiger partial charge in [-0.15, -0.1) is 11.3 Å². The molecule has 2 aromatic heterocycles. The Morgan fingerprint density at radius 1 is 1.36 bits per heavy atom. The smallest absolute Gasteiger partial charge is 0.260 e. The highest BCUT2D eigenvalue weighted by atomic mass is 32.2. The number of hydrogen-bond acceptors (Lipinski definition) is 6. The van der Waals surface area contributed by atoms with E-state index in [-0.39, 0.29) is 18.2 Å². The molecular weight excluding hydrogens is 358 g/mol. The minimum atomic E-state index is -0.255. The van der Waals surface area contributed by atoms with E-state index >= 15 is 0 Å². The van der Waals surface area contributed by atoms with Gasteiger partial charge >= 0.3 is 0 Å². The van der Waals surface area contributed by atoms with Gasteiger partial charge in [-0.05, 0) is 13.0 Å². The Hall–Kier alpha value is -1.80. The topological polar surface area (TPSA) is 75.4 Å². The quantitative estimate of drug-likeness (QED) is 0.883. The molecule has 2 atom stereocenters. The van der Waals surface area contributed by atoms with Crippen molar-refractivity contribution in [3.05, 3.63) is 34.7 Å². The maximum absolute atomic E-state index is 12.5. The highest BCUT2D eigenvalue weighted by molar-refractivity contribution is 8.00. The van der Waals surface area contributed by atoms with Crippen molar-refractivity contribution in [2.75, 3.05) is 18.4 Å². The van der Waals surface area contributed by atoms with Crippen molar-refractivity contribution in [2.24, 2.45) is 0 Å². The van der Waals surface area contributed by atoms with Crippen LogP contribution in [0.4, 0.5) is 5.13 Å². The van der Waals surface area contributed by atoms with Crippen LogP contribution < -0.4 is 5.32 Å². The van der Waals surface area contributed by atoms with Gasteiger partial charge in [0.05, 0.1) is 23.9 Å². The number of furan rings is 1. The predicted molar refractivity (Wildman–Crippen MR) is 100 cm³/mol. The first-order valence-corrected chi connectivity index (χ1v) is 9.97. The lowest BCUT2D eigenvalue weighted by Crippen LogP contribution is -2.44. The fourth-order valence-electron chi connectivity index (χ4n) is 2.88. The molecule has 0 spiro atoms. The van der Waals surface area contributed by atoms with Crippen LogP contribution in [0.3, 0.4) is 0 Å². The number of anilines is 1. The molecule has 1 aliphatic rings. The van der Waals surface area contributed by atoms with E-state index < -0.39 is 0 Å². The van der Waals surface area contributed by atoms with Gasteiger partial charge in [-0.2, -0.15) is 11.8 Å². The SMILES string of the molecule is Cc1occc1C(=O)Nc1nc(CC(=O)N2CC(C)SC(C)C2)cs1. The summed E-state index contributed by atoms with van der Waals surface area (Å²) in [5, 5.41) is 5.97. The third kappa shape index (κ3) is 4.43. The van der Waals surface area contributed by atoms with Gasteiger partial charge in [-0.25, -0.2) is 4.98 Å². The molecule has 0 bridgehead atoms. The number of aromatic nitrogens is 1. The van der Waals surface area contributed by atoms with E-state index in [1.807, 2.05) is 22.0 Å². The van der Waals surface area contributed by atoms with Crippen molar-refractivity contribution in [1.29, 1.82) is 0 Å². The number of amides is 2. The molecule has 8 heteroatoms. The van der Waals surface area contributed by atoms with Gasteiger partial charge in [0.25, 0.3) is 5.91 Å². The lowest BCUT2D eigenvalue weighted by Gasteiger charge is -2.34. The van der Waals surface area contributed by atoms with Crippen LogP contribution in [0.15, 0.2) is 22.1 Å². The number of carbonyl (C=O) groups excluding carboxylic acids is 2. The highest BCUT2D eigenvalue weighted by Gasteiger charge is 2.26. The maximum Gasteiger partial charge on any atom is 0.260 e. The van der Waals surface area contributed by atoms with Gasteiger partial charge in [-0.3, -0.25) is 14.9 Å². The molecule has 3 heterocycles. The Morgan fingerprint density at radius 3 is 2.72 bits per heavy atom. The van der Waals surface area contributed by atoms with Gasteiger partial charge in [0, 0.05) is 29.0 Å². The molecule has 0 aromatic carbocycles. The van der Waals surface area contributed by atoms with E-state index in [9.17, 15) is 9.59 Å². The Bertz CT molecular complexity index is 761. The third-order valence-electron chi connectivity index (χ3n) is 3.98. The van der Waals surface area contributed by atoms with Gasteiger partial charge in [0.1, 0.15) is 5.76 Å². The number of thioether (sulfide) groups is 1. The van der Waals surface area contributed by atoms with E-state index in [0.717, 1.165) is 13.1 Å². The standard InChI is InChI=1S/C17H21N3O3S2/c1-10-7-20(8-11(2)25-10)15(21)6-13-9-24-17(18-13)19-16(22)14-4-5-23-12(14)3/h4-5,9-11H,6-8H2,1-3H3,(H,18,19,22). The summed E-state index contributed by atoms with van der Waals surface area (Å²) < 4.78 is 5.14. The van der Waals surface area contributed by atoms with Crippen molar-refractivity contribution in [1.82, 2.24) is 9.88 Å². The predicted octanol–water partition coefficient (Wildman–Crippen LogP) is 3.19. The summed E-state index contributed by atoms with van der Waals surface area (Å²) in [6.45, 7) is 7.59. The van der Waals surface area contributed by atoms with E-state index in [2.05, 4.69) is 24.1 Å². The minimum absolute atomic E-state index is 0.0906. The fourth-order valence-corrected chi connectivity index (χ4v) is 4.91. The largest absolute Gasteiger partial charge is 0.469 e. The first kappa shape index (κ1) is 18.0. The van der Waals surface area contributed by atoms with Crippen molar-refractivity contribution in [3.63, 3.8) is 0 Å². The molecule has 1 fully saturated rings. The number of rotatable bonds is 4. The zero-order valence-corrected chi connectivity index (χ0v) is 16.1. The Balaban J connectivity index is 1.59. The monoisotopic (exact) mass is 379 g/mol. The average Bonchev–Trinajstić information content (AvgIpc) is 3.15. The first-order valence-electron chi connectivity index (χ1n) is 8.15. The van der Waals surface area contributed by atoms with Crippen LogP contribution in [0.25, 0.3) is 0 Å². The van der Waals surface area contributed by atoms with E-state index in [1.54, 1.807) is 13.0 Å². The van der Waals surface area contributed by atoms with E-state index in [1.165, 1.54) is 17.6 Å². The van der Waals surface area contributed by atoms with Crippen LogP contribution in [-0.4, -0.2) is 45.3 Å². The molecule has 2 aromatic rings. The second-order valence-corrected chi connectivity index (χ2v) is 8.96. The average molecular weight is 380 g/mol. The lowest BCUT2D eigenvalue weighted by molar-refractivity contribution is -0.130. The summed E-state index contributed by atoms with van der Waals surface area (Å²) in [5.74, 6) is 0.401. The molecule has 1 N–H and O–H groups in total. The molecule has 3 rings (SSSR count). The summed E-state index contributed by atoms with van der Waals surface area (Å²) in [6.07, 6.45) is 1.75. The zero-order valence-electron chi connectivity index (χ0n) is 14.4. The molecule has 0 aliphatic carbocycles. The second-order valence-electron chi connectivity index (χ2n) is 6.22. The van der Waals surface area contributed by atoms with Crippen LogP contribution in [0.5, 0.6) is 0 Å². The number of nitrogens with zero attached hydrogens (tertiary/aromatic N) is 2.